The number of hydrogen-bond donors (Lipinski definition) is 2. The number of urea groups is 1. The average molecular weight is 430 g/mol. The Morgan fingerprint density at radius 3 is 2.52 bits per heavy atom. The van der Waals surface area contributed by atoms with Crippen LogP contribution in [0.4, 0.5) is 10.5 Å². The molecule has 0 radical (unpaired) electrons. The van der Waals surface area contributed by atoms with Gasteiger partial charge < -0.3 is 9.88 Å². The Morgan fingerprint density at radius 2 is 1.83 bits per heavy atom. The summed E-state index contributed by atoms with van der Waals surface area (Å²) in [5, 5.41) is 14.5. The van der Waals surface area contributed by atoms with Gasteiger partial charge in [0.15, 0.2) is 11.0 Å². The number of nitrogens with one attached hydrogen (secondary N) is 2. The largest absolute Gasteiger partial charge is 0.325 e. The van der Waals surface area contributed by atoms with Gasteiger partial charge in [0.25, 0.3) is 0 Å². The van der Waals surface area contributed by atoms with Crippen molar-refractivity contribution in [1.82, 2.24) is 20.1 Å². The van der Waals surface area contributed by atoms with Gasteiger partial charge in [0.1, 0.15) is 0 Å². The number of nitrogens with zero attached hydrogens (tertiary/aromatic N) is 3. The van der Waals surface area contributed by atoms with Crippen LogP contribution in [-0.4, -0.2) is 32.5 Å². The lowest BCUT2D eigenvalue weighted by molar-refractivity contribution is -0.117. The van der Waals surface area contributed by atoms with Crippen LogP contribution in [0.25, 0.3) is 11.4 Å². The molecule has 1 heterocycles. The maximum atomic E-state index is 12.1. The van der Waals surface area contributed by atoms with Gasteiger partial charge in [-0.3, -0.25) is 10.1 Å². The molecule has 2 aromatic carbocycles. The molecule has 0 fully saturated rings. The van der Waals surface area contributed by atoms with Crippen LogP contribution in [0.2, 0.25) is 5.02 Å². The summed E-state index contributed by atoms with van der Waals surface area (Å²) >= 11 is 7.11. The highest BCUT2D eigenvalue weighted by atomic mass is 35.5. The molecule has 0 bridgehead atoms. The maximum absolute atomic E-state index is 12.1. The Balaban J connectivity index is 1.55. The molecule has 9 heteroatoms. The van der Waals surface area contributed by atoms with Crippen LogP contribution < -0.4 is 10.6 Å². The lowest BCUT2D eigenvalue weighted by Crippen LogP contribution is -2.35. The number of carbonyl (C=O) groups is 2. The average Bonchev–Trinajstić information content (AvgIpc) is 3.03. The van der Waals surface area contributed by atoms with E-state index >= 15 is 0 Å². The van der Waals surface area contributed by atoms with E-state index in [1.807, 2.05) is 45.2 Å². The van der Waals surface area contributed by atoms with Gasteiger partial charge in [-0.25, -0.2) is 4.79 Å². The maximum Gasteiger partial charge on any atom is 0.325 e. The molecule has 1 aromatic heterocycles. The molecular formula is C20H20ClN5O2S. The summed E-state index contributed by atoms with van der Waals surface area (Å²) in [5.41, 5.74) is 3.56. The van der Waals surface area contributed by atoms with Crippen LogP contribution in [0.15, 0.2) is 47.6 Å². The third-order valence-corrected chi connectivity index (χ3v) is 5.42. The normalized spacial score (nSPS) is 10.6. The minimum Gasteiger partial charge on any atom is -0.307 e. The second kappa shape index (κ2) is 9.11. The first-order valence-electron chi connectivity index (χ1n) is 8.79. The van der Waals surface area contributed by atoms with Crippen LogP contribution in [0, 0.1) is 13.8 Å². The van der Waals surface area contributed by atoms with Crippen molar-refractivity contribution in [2.24, 2.45) is 7.05 Å². The van der Waals surface area contributed by atoms with Crippen molar-refractivity contribution in [3.8, 4) is 11.4 Å². The number of benzene rings is 2. The number of rotatable bonds is 5. The predicted octanol–water partition coefficient (Wildman–Crippen LogP) is 4.19. The molecule has 0 saturated carbocycles. The summed E-state index contributed by atoms with van der Waals surface area (Å²) in [4.78, 5) is 24.2. The zero-order valence-corrected chi connectivity index (χ0v) is 17.8. The molecule has 0 saturated heterocycles. The fraction of sp³-hybridized carbons (Fsp3) is 0.200. The summed E-state index contributed by atoms with van der Waals surface area (Å²) < 4.78 is 1.79. The van der Waals surface area contributed by atoms with Gasteiger partial charge in [-0.15, -0.1) is 10.2 Å². The molecule has 0 spiro atoms. The van der Waals surface area contributed by atoms with Crippen molar-refractivity contribution < 1.29 is 9.59 Å². The van der Waals surface area contributed by atoms with Crippen molar-refractivity contribution in [3.63, 3.8) is 0 Å². The van der Waals surface area contributed by atoms with Gasteiger partial charge in [-0.2, -0.15) is 0 Å². The van der Waals surface area contributed by atoms with Crippen molar-refractivity contribution in [2.75, 3.05) is 11.1 Å². The number of aryl methyl sites for hydroxylation is 2. The van der Waals surface area contributed by atoms with E-state index in [0.29, 0.717) is 21.7 Å². The summed E-state index contributed by atoms with van der Waals surface area (Å²) in [5.74, 6) is 0.276. The first-order valence-corrected chi connectivity index (χ1v) is 10.2. The fourth-order valence-corrected chi connectivity index (χ4v) is 3.53. The van der Waals surface area contributed by atoms with E-state index in [2.05, 4.69) is 20.8 Å². The third-order valence-electron chi connectivity index (χ3n) is 4.15. The predicted molar refractivity (Wildman–Crippen MR) is 115 cm³/mol. The number of imide groups is 1. The summed E-state index contributed by atoms with van der Waals surface area (Å²) in [6.07, 6.45) is 0. The monoisotopic (exact) mass is 429 g/mol. The Kier molecular flexibility index (Phi) is 6.56. The van der Waals surface area contributed by atoms with E-state index in [0.717, 1.165) is 16.7 Å². The Bertz CT molecular complexity index is 1050. The van der Waals surface area contributed by atoms with Gasteiger partial charge in [-0.1, -0.05) is 41.1 Å². The Hall–Kier alpha value is -2.84. The number of hydrogen-bond acceptors (Lipinski definition) is 5. The fourth-order valence-electron chi connectivity index (χ4n) is 2.69. The quantitative estimate of drug-likeness (QED) is 0.593. The zero-order chi connectivity index (χ0) is 21.0. The molecule has 0 atom stereocenters. The SMILES string of the molecule is Cc1ccc(NC(=O)NC(=O)CSc2nnc(-c3ccc(Cl)cc3)n2C)c(C)c1. The highest BCUT2D eigenvalue weighted by Gasteiger charge is 2.14. The van der Waals surface area contributed by atoms with Gasteiger partial charge in [0.2, 0.25) is 5.91 Å². The van der Waals surface area contributed by atoms with Gasteiger partial charge in [0, 0.05) is 23.3 Å². The Labute approximate surface area is 177 Å². The van der Waals surface area contributed by atoms with Crippen molar-refractivity contribution >= 4 is 41.0 Å². The van der Waals surface area contributed by atoms with Gasteiger partial charge in [-0.05, 0) is 49.7 Å². The van der Waals surface area contributed by atoms with E-state index in [1.165, 1.54) is 11.8 Å². The van der Waals surface area contributed by atoms with E-state index in [1.54, 1.807) is 22.8 Å². The van der Waals surface area contributed by atoms with Crippen LogP contribution in [-0.2, 0) is 11.8 Å². The first kappa shape index (κ1) is 20.9. The van der Waals surface area contributed by atoms with Crippen LogP contribution in [0.3, 0.4) is 0 Å². The highest BCUT2D eigenvalue weighted by molar-refractivity contribution is 7.99. The van der Waals surface area contributed by atoms with Gasteiger partial charge >= 0.3 is 6.03 Å². The van der Waals surface area contributed by atoms with Crippen LogP contribution >= 0.6 is 23.4 Å². The number of anilines is 1. The smallest absolute Gasteiger partial charge is 0.307 e. The molecule has 2 N–H and O–H groups in total. The van der Waals surface area contributed by atoms with Gasteiger partial charge in [0.05, 0.1) is 5.75 Å². The van der Waals surface area contributed by atoms with Crippen molar-refractivity contribution in [3.05, 3.63) is 58.6 Å². The van der Waals surface area contributed by atoms with Crippen molar-refractivity contribution in [1.29, 1.82) is 0 Å². The molecule has 0 aliphatic rings. The summed E-state index contributed by atoms with van der Waals surface area (Å²) in [6.45, 7) is 3.87. The minimum absolute atomic E-state index is 0.0346. The molecule has 0 aliphatic heterocycles. The lowest BCUT2D eigenvalue weighted by atomic mass is 10.1. The second-order valence-corrected chi connectivity index (χ2v) is 7.86. The molecule has 3 aromatic rings. The number of halogens is 1. The van der Waals surface area contributed by atoms with Crippen molar-refractivity contribution in [2.45, 2.75) is 19.0 Å². The molecular weight excluding hydrogens is 410 g/mol. The topological polar surface area (TPSA) is 88.9 Å². The molecule has 29 heavy (non-hydrogen) atoms. The molecule has 0 aliphatic carbocycles. The number of aromatic nitrogens is 3. The lowest BCUT2D eigenvalue weighted by Gasteiger charge is -2.09. The highest BCUT2D eigenvalue weighted by Crippen LogP contribution is 2.23. The standard InChI is InChI=1S/C20H20ClN5O2S/c1-12-4-9-16(13(2)10-12)22-19(28)23-17(27)11-29-20-25-24-18(26(20)3)14-5-7-15(21)8-6-14/h4-10H,11H2,1-3H3,(H2,22,23,27,28). The van der Waals surface area contributed by atoms with E-state index in [9.17, 15) is 9.59 Å². The third kappa shape index (κ3) is 5.36. The molecule has 150 valence electrons. The van der Waals surface area contributed by atoms with Crippen LogP contribution in [0.5, 0.6) is 0 Å². The molecule has 0 unspecified atom stereocenters. The number of thioether (sulfide) groups is 1. The first-order chi connectivity index (χ1) is 13.8. The molecule has 3 rings (SSSR count). The Morgan fingerprint density at radius 1 is 1.10 bits per heavy atom. The molecule has 7 nitrogen and oxygen atoms in total. The number of amides is 3. The van der Waals surface area contributed by atoms with E-state index in [-0.39, 0.29) is 5.75 Å². The number of carbonyl (C=O) groups excluding carboxylic acids is 2. The minimum atomic E-state index is -0.567. The van der Waals surface area contributed by atoms with Crippen LogP contribution in [0.1, 0.15) is 11.1 Å². The second-order valence-electron chi connectivity index (χ2n) is 6.48. The van der Waals surface area contributed by atoms with E-state index < -0.39 is 11.9 Å². The molecule has 3 amide bonds. The summed E-state index contributed by atoms with van der Waals surface area (Å²) in [6, 6.07) is 12.4. The summed E-state index contributed by atoms with van der Waals surface area (Å²) in [7, 11) is 1.82. The van der Waals surface area contributed by atoms with E-state index in [4.69, 9.17) is 11.6 Å². The zero-order valence-electron chi connectivity index (χ0n) is 16.2.